The highest BCUT2D eigenvalue weighted by Gasteiger charge is 2.32. The average Bonchev–Trinajstić information content (AvgIpc) is 2.83. The van der Waals surface area contributed by atoms with Gasteiger partial charge in [-0.3, -0.25) is 14.5 Å². The van der Waals surface area contributed by atoms with Gasteiger partial charge in [0.2, 0.25) is 11.9 Å². The van der Waals surface area contributed by atoms with Crippen LogP contribution in [0.4, 0.5) is 10.7 Å². The molecule has 0 bridgehead atoms. The predicted molar refractivity (Wildman–Crippen MR) is 84.4 cm³/mol. The van der Waals surface area contributed by atoms with Crippen LogP contribution in [0.25, 0.3) is 0 Å². The number of ketones is 1. The van der Waals surface area contributed by atoms with Crippen LogP contribution in [0.3, 0.4) is 0 Å². The molecule has 24 heavy (non-hydrogen) atoms. The number of ether oxygens (including phenoxy) is 1. The Morgan fingerprint density at radius 1 is 1.25 bits per heavy atom. The van der Waals surface area contributed by atoms with Gasteiger partial charge in [0.1, 0.15) is 5.60 Å². The molecule has 1 saturated heterocycles. The SMILES string of the molecule is CC(C)(C)OC(=O)N1CCc2nc(N3CC(=O)CC3=O)ncc2C1. The number of rotatable bonds is 1. The number of fused-ring (bicyclic) bond motifs is 1. The highest BCUT2D eigenvalue weighted by Crippen LogP contribution is 2.22. The lowest BCUT2D eigenvalue weighted by Gasteiger charge is -2.30. The highest BCUT2D eigenvalue weighted by molar-refractivity contribution is 6.14. The number of anilines is 1. The minimum absolute atomic E-state index is 0.0294. The summed E-state index contributed by atoms with van der Waals surface area (Å²) in [6.07, 6.45) is 1.72. The predicted octanol–water partition coefficient (Wildman–Crippen LogP) is 1.08. The Balaban J connectivity index is 1.74. The van der Waals surface area contributed by atoms with Crippen molar-refractivity contribution in [3.63, 3.8) is 0 Å². The van der Waals surface area contributed by atoms with Gasteiger partial charge in [0.05, 0.1) is 25.2 Å². The molecule has 0 unspecified atom stereocenters. The van der Waals surface area contributed by atoms with E-state index < -0.39 is 5.60 Å². The van der Waals surface area contributed by atoms with E-state index in [1.807, 2.05) is 20.8 Å². The summed E-state index contributed by atoms with van der Waals surface area (Å²) in [6, 6.07) is 0. The van der Waals surface area contributed by atoms with Crippen LogP contribution in [0.15, 0.2) is 6.20 Å². The van der Waals surface area contributed by atoms with E-state index in [1.54, 1.807) is 11.1 Å². The van der Waals surface area contributed by atoms with Gasteiger partial charge in [-0.1, -0.05) is 0 Å². The van der Waals surface area contributed by atoms with Crippen LogP contribution in [-0.4, -0.2) is 51.3 Å². The zero-order chi connectivity index (χ0) is 17.5. The third-order valence-corrected chi connectivity index (χ3v) is 3.80. The molecule has 0 aliphatic carbocycles. The lowest BCUT2D eigenvalue weighted by Crippen LogP contribution is -2.40. The molecule has 1 aromatic rings. The first-order valence-corrected chi connectivity index (χ1v) is 7.88. The third kappa shape index (κ3) is 3.37. The molecule has 8 nitrogen and oxygen atoms in total. The highest BCUT2D eigenvalue weighted by atomic mass is 16.6. The molecule has 3 heterocycles. The number of carbonyl (C=O) groups excluding carboxylic acids is 3. The maximum Gasteiger partial charge on any atom is 0.410 e. The second-order valence-electron chi connectivity index (χ2n) is 6.99. The van der Waals surface area contributed by atoms with Crippen LogP contribution >= 0.6 is 0 Å². The van der Waals surface area contributed by atoms with Gasteiger partial charge >= 0.3 is 6.09 Å². The lowest BCUT2D eigenvalue weighted by atomic mass is 10.1. The van der Waals surface area contributed by atoms with Crippen LogP contribution < -0.4 is 4.90 Å². The topological polar surface area (TPSA) is 92.7 Å². The van der Waals surface area contributed by atoms with Crippen molar-refractivity contribution < 1.29 is 19.1 Å². The molecule has 1 aromatic heterocycles. The van der Waals surface area contributed by atoms with Crippen molar-refractivity contribution in [2.24, 2.45) is 0 Å². The average molecular weight is 332 g/mol. The molecule has 0 N–H and O–H groups in total. The van der Waals surface area contributed by atoms with E-state index in [4.69, 9.17) is 4.74 Å². The summed E-state index contributed by atoms with van der Waals surface area (Å²) in [5.41, 5.74) is 1.08. The molecule has 0 aromatic carbocycles. The molecule has 2 amide bonds. The largest absolute Gasteiger partial charge is 0.444 e. The summed E-state index contributed by atoms with van der Waals surface area (Å²) < 4.78 is 5.38. The Hall–Kier alpha value is -2.51. The Labute approximate surface area is 139 Å². The Morgan fingerprint density at radius 2 is 2.00 bits per heavy atom. The van der Waals surface area contributed by atoms with Gasteiger partial charge < -0.3 is 9.64 Å². The van der Waals surface area contributed by atoms with Gasteiger partial charge in [-0.15, -0.1) is 0 Å². The number of Topliss-reactive ketones (excluding diaryl/α,β-unsaturated/α-hetero) is 1. The first-order valence-electron chi connectivity index (χ1n) is 7.88. The van der Waals surface area contributed by atoms with Crippen LogP contribution in [0.2, 0.25) is 0 Å². The standard InChI is InChI=1S/C16H20N4O4/c1-16(2,3)24-15(23)19-5-4-12-10(8-19)7-17-14(18-12)20-9-11(21)6-13(20)22/h7H,4-6,8-9H2,1-3H3. The van der Waals surface area contributed by atoms with E-state index in [2.05, 4.69) is 9.97 Å². The molecule has 0 saturated carbocycles. The maximum atomic E-state index is 12.2. The van der Waals surface area contributed by atoms with E-state index >= 15 is 0 Å². The van der Waals surface area contributed by atoms with Crippen molar-refractivity contribution in [3.05, 3.63) is 17.5 Å². The molecule has 128 valence electrons. The first-order chi connectivity index (χ1) is 11.2. The van der Waals surface area contributed by atoms with Gasteiger partial charge in [0.25, 0.3) is 0 Å². The van der Waals surface area contributed by atoms with Gasteiger partial charge in [-0.05, 0) is 20.8 Å². The van der Waals surface area contributed by atoms with E-state index in [0.29, 0.717) is 19.5 Å². The van der Waals surface area contributed by atoms with Crippen LogP contribution in [-0.2, 0) is 27.3 Å². The van der Waals surface area contributed by atoms with Gasteiger partial charge in [-0.25, -0.2) is 14.8 Å². The van der Waals surface area contributed by atoms with Gasteiger partial charge in [0, 0.05) is 24.7 Å². The number of amides is 2. The minimum Gasteiger partial charge on any atom is -0.444 e. The number of hydrogen-bond donors (Lipinski definition) is 0. The Morgan fingerprint density at radius 3 is 2.62 bits per heavy atom. The van der Waals surface area contributed by atoms with Crippen molar-refractivity contribution >= 4 is 23.7 Å². The molecule has 2 aliphatic rings. The van der Waals surface area contributed by atoms with Crippen molar-refractivity contribution in [2.75, 3.05) is 18.0 Å². The quantitative estimate of drug-likeness (QED) is 0.714. The summed E-state index contributed by atoms with van der Waals surface area (Å²) >= 11 is 0. The zero-order valence-electron chi connectivity index (χ0n) is 14.0. The molecule has 0 atom stereocenters. The Kier molecular flexibility index (Phi) is 3.98. The van der Waals surface area contributed by atoms with E-state index in [9.17, 15) is 14.4 Å². The summed E-state index contributed by atoms with van der Waals surface area (Å²) in [5, 5.41) is 0. The second kappa shape index (κ2) is 5.85. The molecule has 0 spiro atoms. The number of carbonyl (C=O) groups is 3. The van der Waals surface area contributed by atoms with E-state index in [1.165, 1.54) is 4.90 Å². The van der Waals surface area contributed by atoms with E-state index in [-0.39, 0.29) is 36.7 Å². The lowest BCUT2D eigenvalue weighted by molar-refractivity contribution is -0.121. The van der Waals surface area contributed by atoms with Crippen LogP contribution in [0.5, 0.6) is 0 Å². The summed E-state index contributed by atoms with van der Waals surface area (Å²) in [6.45, 7) is 6.37. The fraction of sp³-hybridized carbons (Fsp3) is 0.562. The second-order valence-corrected chi connectivity index (χ2v) is 6.99. The first kappa shape index (κ1) is 16.4. The smallest absolute Gasteiger partial charge is 0.410 e. The maximum absolute atomic E-state index is 12.2. The van der Waals surface area contributed by atoms with Crippen molar-refractivity contribution in [2.45, 2.75) is 45.8 Å². The molecule has 8 heteroatoms. The third-order valence-electron chi connectivity index (χ3n) is 3.80. The summed E-state index contributed by atoms with van der Waals surface area (Å²) in [4.78, 5) is 46.8. The van der Waals surface area contributed by atoms with Gasteiger partial charge in [-0.2, -0.15) is 0 Å². The zero-order valence-corrected chi connectivity index (χ0v) is 14.0. The van der Waals surface area contributed by atoms with Crippen molar-refractivity contribution in [3.8, 4) is 0 Å². The number of aromatic nitrogens is 2. The summed E-state index contributed by atoms with van der Waals surface area (Å²) in [5.74, 6) is -0.140. The van der Waals surface area contributed by atoms with E-state index in [0.717, 1.165) is 11.3 Å². The minimum atomic E-state index is -0.541. The van der Waals surface area contributed by atoms with Crippen molar-refractivity contribution in [1.29, 1.82) is 0 Å². The molecular formula is C16H20N4O4. The van der Waals surface area contributed by atoms with Crippen molar-refractivity contribution in [1.82, 2.24) is 14.9 Å². The molecule has 3 rings (SSSR count). The molecule has 2 aliphatic heterocycles. The van der Waals surface area contributed by atoms with Crippen LogP contribution in [0.1, 0.15) is 38.4 Å². The molecule has 1 fully saturated rings. The van der Waals surface area contributed by atoms with Gasteiger partial charge in [0.15, 0.2) is 5.78 Å². The molecular weight excluding hydrogens is 312 g/mol. The molecule has 0 radical (unpaired) electrons. The number of nitrogens with zero attached hydrogens (tertiary/aromatic N) is 4. The monoisotopic (exact) mass is 332 g/mol. The fourth-order valence-corrected chi connectivity index (χ4v) is 2.68. The number of hydrogen-bond acceptors (Lipinski definition) is 6. The summed E-state index contributed by atoms with van der Waals surface area (Å²) in [7, 11) is 0. The Bertz CT molecular complexity index is 711. The fourth-order valence-electron chi connectivity index (χ4n) is 2.68. The van der Waals surface area contributed by atoms with Crippen LogP contribution in [0, 0.1) is 0 Å². The normalized spacial score (nSPS) is 18.0.